The normalized spacial score (nSPS) is 11.5. The summed E-state index contributed by atoms with van der Waals surface area (Å²) in [7, 11) is -3.81. The third-order valence-electron chi connectivity index (χ3n) is 3.43. The van der Waals surface area contributed by atoms with Crippen molar-refractivity contribution in [2.45, 2.75) is 11.8 Å². The Morgan fingerprint density at radius 1 is 1.05 bits per heavy atom. The van der Waals surface area contributed by atoms with Gasteiger partial charge in [0, 0.05) is 11.1 Å². The fraction of sp³-hybridized carbons (Fsp3) is 0.0625. The average Bonchev–Trinajstić information content (AvgIpc) is 2.95. The van der Waals surface area contributed by atoms with E-state index in [9.17, 15) is 8.42 Å². The molecule has 1 aromatic heterocycles. The number of hydrogen-bond donors (Lipinski definition) is 2. The molecule has 0 saturated carbocycles. The Kier molecular flexibility index (Phi) is 3.56. The van der Waals surface area contributed by atoms with Gasteiger partial charge in [0.15, 0.2) is 0 Å². The SMILES string of the molecule is Cc1cccc(-c2cn[nH]c2-c2ccccc2S(N)(=O)=O)c1. The molecule has 112 valence electrons. The zero-order valence-electron chi connectivity index (χ0n) is 11.9. The summed E-state index contributed by atoms with van der Waals surface area (Å²) in [6.07, 6.45) is 1.68. The Bertz CT molecular complexity index is 930. The second kappa shape index (κ2) is 5.40. The molecule has 3 rings (SSSR count). The van der Waals surface area contributed by atoms with Gasteiger partial charge in [-0.3, -0.25) is 5.10 Å². The van der Waals surface area contributed by atoms with E-state index in [0.717, 1.165) is 16.7 Å². The second-order valence-corrected chi connectivity index (χ2v) is 6.60. The number of H-pyrrole nitrogens is 1. The Labute approximate surface area is 128 Å². The highest BCUT2D eigenvalue weighted by Crippen LogP contribution is 2.33. The van der Waals surface area contributed by atoms with Crippen LogP contribution in [0.3, 0.4) is 0 Å². The number of benzene rings is 2. The van der Waals surface area contributed by atoms with Crippen molar-refractivity contribution in [3.63, 3.8) is 0 Å². The summed E-state index contributed by atoms with van der Waals surface area (Å²) >= 11 is 0. The maximum absolute atomic E-state index is 11.8. The Hall–Kier alpha value is -2.44. The molecule has 0 amide bonds. The zero-order chi connectivity index (χ0) is 15.7. The molecule has 6 heteroatoms. The first-order chi connectivity index (χ1) is 10.5. The van der Waals surface area contributed by atoms with Gasteiger partial charge in [-0.25, -0.2) is 13.6 Å². The van der Waals surface area contributed by atoms with E-state index in [-0.39, 0.29) is 4.90 Å². The first kappa shape index (κ1) is 14.5. The topological polar surface area (TPSA) is 88.8 Å². The maximum atomic E-state index is 11.8. The van der Waals surface area contributed by atoms with Crippen molar-refractivity contribution in [1.82, 2.24) is 10.2 Å². The molecule has 0 spiro atoms. The average molecular weight is 313 g/mol. The predicted octanol–water partition coefficient (Wildman–Crippen LogP) is 2.70. The molecule has 0 saturated heterocycles. The van der Waals surface area contributed by atoms with Crippen molar-refractivity contribution >= 4 is 10.0 Å². The molecule has 0 aliphatic carbocycles. The summed E-state index contributed by atoms with van der Waals surface area (Å²) in [5, 5.41) is 12.3. The van der Waals surface area contributed by atoms with Crippen molar-refractivity contribution in [2.24, 2.45) is 5.14 Å². The first-order valence-electron chi connectivity index (χ1n) is 6.69. The van der Waals surface area contributed by atoms with Crippen LogP contribution in [0.2, 0.25) is 0 Å². The molecule has 0 fully saturated rings. The number of sulfonamides is 1. The van der Waals surface area contributed by atoms with Gasteiger partial charge < -0.3 is 0 Å². The monoisotopic (exact) mass is 313 g/mol. The Morgan fingerprint density at radius 2 is 1.82 bits per heavy atom. The van der Waals surface area contributed by atoms with Gasteiger partial charge in [0.25, 0.3) is 0 Å². The lowest BCUT2D eigenvalue weighted by atomic mass is 10.0. The number of nitrogens with two attached hydrogens (primary N) is 1. The maximum Gasteiger partial charge on any atom is 0.238 e. The summed E-state index contributed by atoms with van der Waals surface area (Å²) in [5.41, 5.74) is 4.06. The van der Waals surface area contributed by atoms with Crippen molar-refractivity contribution in [3.8, 4) is 22.4 Å². The predicted molar refractivity (Wildman–Crippen MR) is 85.6 cm³/mol. The quantitative estimate of drug-likeness (QED) is 0.779. The molecular formula is C16H15N3O2S. The number of nitrogens with zero attached hydrogens (tertiary/aromatic N) is 1. The molecule has 0 atom stereocenters. The van der Waals surface area contributed by atoms with Crippen LogP contribution in [0.25, 0.3) is 22.4 Å². The van der Waals surface area contributed by atoms with Crippen molar-refractivity contribution in [3.05, 3.63) is 60.3 Å². The summed E-state index contributed by atoms with van der Waals surface area (Å²) in [5.74, 6) is 0. The lowest BCUT2D eigenvalue weighted by Crippen LogP contribution is -2.13. The van der Waals surface area contributed by atoms with Crippen LogP contribution in [0.5, 0.6) is 0 Å². The van der Waals surface area contributed by atoms with E-state index >= 15 is 0 Å². The highest BCUT2D eigenvalue weighted by molar-refractivity contribution is 7.89. The minimum Gasteiger partial charge on any atom is -0.277 e. The van der Waals surface area contributed by atoms with Gasteiger partial charge in [-0.05, 0) is 18.6 Å². The zero-order valence-corrected chi connectivity index (χ0v) is 12.8. The minimum absolute atomic E-state index is 0.0770. The second-order valence-electron chi connectivity index (χ2n) is 5.07. The van der Waals surface area contributed by atoms with Gasteiger partial charge in [-0.1, -0.05) is 48.0 Å². The number of nitrogens with one attached hydrogen (secondary N) is 1. The lowest BCUT2D eigenvalue weighted by Gasteiger charge is -2.08. The van der Waals surface area contributed by atoms with Crippen molar-refractivity contribution < 1.29 is 8.42 Å². The van der Waals surface area contributed by atoms with E-state index in [0.29, 0.717) is 11.3 Å². The summed E-state index contributed by atoms with van der Waals surface area (Å²) in [6.45, 7) is 2.00. The van der Waals surface area contributed by atoms with Crippen LogP contribution in [0.15, 0.2) is 59.6 Å². The van der Waals surface area contributed by atoms with Crippen LogP contribution in [0.4, 0.5) is 0 Å². The first-order valence-corrected chi connectivity index (χ1v) is 8.24. The number of primary sulfonamides is 1. The van der Waals surface area contributed by atoms with Crippen LogP contribution in [0, 0.1) is 6.92 Å². The van der Waals surface area contributed by atoms with E-state index in [2.05, 4.69) is 10.2 Å². The number of rotatable bonds is 3. The molecule has 0 aliphatic rings. The highest BCUT2D eigenvalue weighted by Gasteiger charge is 2.18. The molecule has 3 aromatic rings. The van der Waals surface area contributed by atoms with E-state index < -0.39 is 10.0 Å². The Balaban J connectivity index is 2.23. The molecule has 22 heavy (non-hydrogen) atoms. The number of hydrogen-bond acceptors (Lipinski definition) is 3. The van der Waals surface area contributed by atoms with Gasteiger partial charge in [0.1, 0.15) is 0 Å². The van der Waals surface area contributed by atoms with Crippen LogP contribution in [-0.4, -0.2) is 18.6 Å². The molecule has 1 heterocycles. The van der Waals surface area contributed by atoms with Crippen molar-refractivity contribution in [2.75, 3.05) is 0 Å². The van der Waals surface area contributed by atoms with Crippen LogP contribution in [0.1, 0.15) is 5.56 Å². The standard InChI is InChI=1S/C16H15N3O2S/c1-11-5-4-6-12(9-11)14-10-18-19-16(14)13-7-2-3-8-15(13)22(17,20)21/h2-10H,1H3,(H,18,19)(H2,17,20,21). The molecule has 3 N–H and O–H groups in total. The lowest BCUT2D eigenvalue weighted by molar-refractivity contribution is 0.598. The van der Waals surface area contributed by atoms with Crippen LogP contribution in [-0.2, 0) is 10.0 Å². The fourth-order valence-electron chi connectivity index (χ4n) is 2.44. The van der Waals surface area contributed by atoms with Gasteiger partial charge in [-0.2, -0.15) is 5.10 Å². The van der Waals surface area contributed by atoms with Crippen molar-refractivity contribution in [1.29, 1.82) is 0 Å². The van der Waals surface area contributed by atoms with E-state index in [1.807, 2.05) is 31.2 Å². The molecule has 0 bridgehead atoms. The molecule has 0 radical (unpaired) electrons. The van der Waals surface area contributed by atoms with E-state index in [1.54, 1.807) is 24.4 Å². The molecule has 0 aliphatic heterocycles. The minimum atomic E-state index is -3.81. The van der Waals surface area contributed by atoms with Gasteiger partial charge in [-0.15, -0.1) is 0 Å². The molecule has 2 aromatic carbocycles. The Morgan fingerprint density at radius 3 is 2.55 bits per heavy atom. The van der Waals surface area contributed by atoms with E-state index in [1.165, 1.54) is 6.07 Å². The molecule has 0 unspecified atom stereocenters. The van der Waals surface area contributed by atoms with Gasteiger partial charge >= 0.3 is 0 Å². The summed E-state index contributed by atoms with van der Waals surface area (Å²) in [4.78, 5) is 0.0770. The summed E-state index contributed by atoms with van der Waals surface area (Å²) < 4.78 is 23.6. The van der Waals surface area contributed by atoms with Crippen LogP contribution < -0.4 is 5.14 Å². The smallest absolute Gasteiger partial charge is 0.238 e. The molecular weight excluding hydrogens is 298 g/mol. The third kappa shape index (κ3) is 2.66. The van der Waals surface area contributed by atoms with Crippen LogP contribution >= 0.6 is 0 Å². The van der Waals surface area contributed by atoms with Gasteiger partial charge in [0.2, 0.25) is 10.0 Å². The summed E-state index contributed by atoms with van der Waals surface area (Å²) in [6, 6.07) is 14.6. The third-order valence-corrected chi connectivity index (χ3v) is 4.40. The highest BCUT2D eigenvalue weighted by atomic mass is 32.2. The fourth-order valence-corrected chi connectivity index (χ4v) is 3.19. The largest absolute Gasteiger partial charge is 0.277 e. The molecule has 5 nitrogen and oxygen atoms in total. The number of aromatic nitrogens is 2. The number of aromatic amines is 1. The van der Waals surface area contributed by atoms with Gasteiger partial charge in [0.05, 0.1) is 16.8 Å². The van der Waals surface area contributed by atoms with E-state index in [4.69, 9.17) is 5.14 Å². The number of aryl methyl sites for hydroxylation is 1.